The van der Waals surface area contributed by atoms with E-state index in [1.54, 1.807) is 6.92 Å². The van der Waals surface area contributed by atoms with Crippen LogP contribution in [0.2, 0.25) is 0 Å². The number of esters is 1. The monoisotopic (exact) mass is 210 g/mol. The number of carbonyl (C=O) groups is 1. The van der Waals surface area contributed by atoms with Crippen LogP contribution >= 0.6 is 0 Å². The van der Waals surface area contributed by atoms with Gasteiger partial charge in [-0.3, -0.25) is 0 Å². The van der Waals surface area contributed by atoms with Crippen LogP contribution in [0.15, 0.2) is 36.8 Å². The van der Waals surface area contributed by atoms with E-state index in [0.29, 0.717) is 6.61 Å². The SMILES string of the molecule is C=C(OCC)OC(=O)c1cccc(F)c1. The molecule has 0 atom stereocenters. The summed E-state index contributed by atoms with van der Waals surface area (Å²) in [5.41, 5.74) is 0.121. The summed E-state index contributed by atoms with van der Waals surface area (Å²) in [5.74, 6) is -1.27. The predicted molar refractivity (Wildman–Crippen MR) is 52.6 cm³/mol. The number of benzene rings is 1. The Hall–Kier alpha value is -1.84. The predicted octanol–water partition coefficient (Wildman–Crippen LogP) is 2.49. The van der Waals surface area contributed by atoms with Gasteiger partial charge in [-0.05, 0) is 31.7 Å². The maximum Gasteiger partial charge on any atom is 0.345 e. The Morgan fingerprint density at radius 3 is 2.87 bits per heavy atom. The van der Waals surface area contributed by atoms with E-state index in [-0.39, 0.29) is 11.5 Å². The molecule has 0 spiro atoms. The van der Waals surface area contributed by atoms with Gasteiger partial charge in [0.1, 0.15) is 5.82 Å². The van der Waals surface area contributed by atoms with E-state index in [1.165, 1.54) is 18.2 Å². The molecule has 0 aromatic heterocycles. The maximum atomic E-state index is 12.8. The highest BCUT2D eigenvalue weighted by atomic mass is 19.1. The molecular weight excluding hydrogens is 199 g/mol. The second-order valence-electron chi connectivity index (χ2n) is 2.70. The zero-order valence-electron chi connectivity index (χ0n) is 8.33. The van der Waals surface area contributed by atoms with Gasteiger partial charge in [-0.2, -0.15) is 0 Å². The molecular formula is C11H11FO3. The molecule has 15 heavy (non-hydrogen) atoms. The fourth-order valence-electron chi connectivity index (χ4n) is 0.968. The standard InChI is InChI=1S/C11H11FO3/c1-3-14-8(2)15-11(13)9-5-4-6-10(12)7-9/h4-7H,2-3H2,1H3. The van der Waals surface area contributed by atoms with Crippen molar-refractivity contribution in [3.05, 3.63) is 48.2 Å². The molecule has 80 valence electrons. The van der Waals surface area contributed by atoms with Gasteiger partial charge in [0, 0.05) is 0 Å². The van der Waals surface area contributed by atoms with Crippen LogP contribution in [-0.4, -0.2) is 12.6 Å². The summed E-state index contributed by atoms with van der Waals surface area (Å²) in [6.07, 6.45) is 0. The summed E-state index contributed by atoms with van der Waals surface area (Å²) in [7, 11) is 0. The molecule has 4 heteroatoms. The van der Waals surface area contributed by atoms with Gasteiger partial charge in [0.05, 0.1) is 12.2 Å². The van der Waals surface area contributed by atoms with Crippen LogP contribution in [0.25, 0.3) is 0 Å². The van der Waals surface area contributed by atoms with Gasteiger partial charge in [-0.1, -0.05) is 6.07 Å². The molecule has 0 N–H and O–H groups in total. The van der Waals surface area contributed by atoms with Crippen LogP contribution < -0.4 is 0 Å². The number of halogens is 1. The largest absolute Gasteiger partial charge is 0.466 e. The van der Waals surface area contributed by atoms with Crippen molar-refractivity contribution in [1.29, 1.82) is 0 Å². The molecule has 0 fully saturated rings. The first-order valence-electron chi connectivity index (χ1n) is 4.43. The van der Waals surface area contributed by atoms with Crippen molar-refractivity contribution in [2.24, 2.45) is 0 Å². The van der Waals surface area contributed by atoms with Crippen LogP contribution in [0.4, 0.5) is 4.39 Å². The summed E-state index contributed by atoms with van der Waals surface area (Å²) >= 11 is 0. The molecule has 0 saturated heterocycles. The molecule has 0 aliphatic heterocycles. The fourth-order valence-corrected chi connectivity index (χ4v) is 0.968. The first-order valence-corrected chi connectivity index (χ1v) is 4.43. The van der Waals surface area contributed by atoms with E-state index in [2.05, 4.69) is 6.58 Å². The summed E-state index contributed by atoms with van der Waals surface area (Å²) < 4.78 is 22.3. The van der Waals surface area contributed by atoms with E-state index >= 15 is 0 Å². The number of ether oxygens (including phenoxy) is 2. The van der Waals surface area contributed by atoms with Crippen molar-refractivity contribution >= 4 is 5.97 Å². The smallest absolute Gasteiger partial charge is 0.345 e. The lowest BCUT2D eigenvalue weighted by atomic mass is 10.2. The lowest BCUT2D eigenvalue weighted by Crippen LogP contribution is -2.06. The zero-order valence-corrected chi connectivity index (χ0v) is 8.33. The minimum atomic E-state index is -0.687. The van der Waals surface area contributed by atoms with Gasteiger partial charge in [-0.25, -0.2) is 9.18 Å². The van der Waals surface area contributed by atoms with Crippen LogP contribution in [0.5, 0.6) is 0 Å². The Bertz CT molecular complexity index is 374. The van der Waals surface area contributed by atoms with Gasteiger partial charge in [0.2, 0.25) is 0 Å². The second kappa shape index (κ2) is 5.14. The lowest BCUT2D eigenvalue weighted by Gasteiger charge is -2.06. The van der Waals surface area contributed by atoms with Crippen molar-refractivity contribution in [2.45, 2.75) is 6.92 Å². The average Bonchev–Trinajstić information content (AvgIpc) is 2.18. The van der Waals surface area contributed by atoms with Crippen molar-refractivity contribution in [1.82, 2.24) is 0 Å². The van der Waals surface area contributed by atoms with Crippen molar-refractivity contribution < 1.29 is 18.7 Å². The Labute approximate surface area is 87.1 Å². The average molecular weight is 210 g/mol. The highest BCUT2D eigenvalue weighted by molar-refractivity contribution is 5.89. The van der Waals surface area contributed by atoms with Gasteiger partial charge in [0.25, 0.3) is 5.95 Å². The third-order valence-electron chi connectivity index (χ3n) is 1.57. The number of carbonyl (C=O) groups excluding carboxylic acids is 1. The van der Waals surface area contributed by atoms with Crippen molar-refractivity contribution in [3.8, 4) is 0 Å². The first kappa shape index (κ1) is 11.2. The van der Waals surface area contributed by atoms with E-state index in [4.69, 9.17) is 9.47 Å². The Kier molecular flexibility index (Phi) is 3.85. The number of hydrogen-bond donors (Lipinski definition) is 0. The minimum absolute atomic E-state index is 0.0910. The normalized spacial score (nSPS) is 9.47. The molecule has 1 rings (SSSR count). The number of hydrogen-bond acceptors (Lipinski definition) is 3. The molecule has 0 aliphatic carbocycles. The van der Waals surface area contributed by atoms with Gasteiger partial charge >= 0.3 is 5.97 Å². The summed E-state index contributed by atoms with van der Waals surface area (Å²) in [6, 6.07) is 5.20. The van der Waals surface area contributed by atoms with Crippen LogP contribution in [0.1, 0.15) is 17.3 Å². The molecule has 1 aromatic rings. The molecule has 3 nitrogen and oxygen atoms in total. The van der Waals surface area contributed by atoms with E-state index < -0.39 is 11.8 Å². The Balaban J connectivity index is 2.65. The molecule has 0 radical (unpaired) electrons. The fraction of sp³-hybridized carbons (Fsp3) is 0.182. The highest BCUT2D eigenvalue weighted by Gasteiger charge is 2.09. The van der Waals surface area contributed by atoms with Crippen LogP contribution in [0.3, 0.4) is 0 Å². The van der Waals surface area contributed by atoms with Crippen LogP contribution in [-0.2, 0) is 9.47 Å². The minimum Gasteiger partial charge on any atom is -0.466 e. The first-order chi connectivity index (χ1) is 7.13. The second-order valence-corrected chi connectivity index (χ2v) is 2.70. The summed E-state index contributed by atoms with van der Waals surface area (Å²) in [4.78, 5) is 11.4. The third-order valence-corrected chi connectivity index (χ3v) is 1.57. The quantitative estimate of drug-likeness (QED) is 0.565. The van der Waals surface area contributed by atoms with E-state index in [9.17, 15) is 9.18 Å². The maximum absolute atomic E-state index is 12.8. The summed E-state index contributed by atoms with van der Waals surface area (Å²) in [6.45, 7) is 5.47. The van der Waals surface area contributed by atoms with Crippen LogP contribution in [0, 0.1) is 5.82 Å². The molecule has 0 heterocycles. The van der Waals surface area contributed by atoms with Gasteiger partial charge < -0.3 is 9.47 Å². The molecule has 0 saturated carbocycles. The molecule has 0 aliphatic rings. The third kappa shape index (κ3) is 3.42. The molecule has 0 amide bonds. The molecule has 0 bridgehead atoms. The topological polar surface area (TPSA) is 35.5 Å². The molecule has 0 unspecified atom stereocenters. The van der Waals surface area contributed by atoms with E-state index in [1.807, 2.05) is 0 Å². The molecule has 1 aromatic carbocycles. The van der Waals surface area contributed by atoms with Gasteiger partial charge in [0.15, 0.2) is 0 Å². The number of rotatable bonds is 4. The summed E-state index contributed by atoms with van der Waals surface area (Å²) in [5, 5.41) is 0. The highest BCUT2D eigenvalue weighted by Crippen LogP contribution is 2.08. The van der Waals surface area contributed by atoms with Crippen molar-refractivity contribution in [2.75, 3.05) is 6.61 Å². The zero-order chi connectivity index (χ0) is 11.3. The van der Waals surface area contributed by atoms with E-state index in [0.717, 1.165) is 6.07 Å². The van der Waals surface area contributed by atoms with Gasteiger partial charge in [-0.15, -0.1) is 0 Å². The van der Waals surface area contributed by atoms with Crippen molar-refractivity contribution in [3.63, 3.8) is 0 Å². The Morgan fingerprint density at radius 1 is 1.53 bits per heavy atom. The lowest BCUT2D eigenvalue weighted by molar-refractivity contribution is 0.0292. The Morgan fingerprint density at radius 2 is 2.27 bits per heavy atom.